The van der Waals surface area contributed by atoms with Crippen LogP contribution >= 0.6 is 0 Å². The van der Waals surface area contributed by atoms with E-state index in [-0.39, 0.29) is 0 Å². The van der Waals surface area contributed by atoms with Crippen LogP contribution in [-0.4, -0.2) is 17.8 Å². The number of hydrogen-bond donors (Lipinski definition) is 1. The summed E-state index contributed by atoms with van der Waals surface area (Å²) in [6, 6.07) is 18.6. The largest absolute Gasteiger partial charge is 0.306 e. The maximum absolute atomic E-state index is 12.8. The first-order valence-electron chi connectivity index (χ1n) is 9.77. The minimum Gasteiger partial charge on any atom is -0.306 e. The molecule has 1 aliphatic rings. The van der Waals surface area contributed by atoms with Crippen LogP contribution in [0.5, 0.6) is 0 Å². The summed E-state index contributed by atoms with van der Waals surface area (Å²) in [5.41, 5.74) is 5.62. The van der Waals surface area contributed by atoms with E-state index in [1.54, 1.807) is 18.2 Å². The van der Waals surface area contributed by atoms with Crippen molar-refractivity contribution in [2.45, 2.75) is 30.6 Å². The van der Waals surface area contributed by atoms with Gasteiger partial charge in [-0.25, -0.2) is 13.4 Å². The number of imidazole rings is 1. The molecule has 2 aromatic heterocycles. The normalized spacial score (nSPS) is 13.9. The van der Waals surface area contributed by atoms with Crippen LogP contribution < -0.4 is 4.72 Å². The third kappa shape index (κ3) is 3.51. The Labute approximate surface area is 170 Å². The average molecular weight is 404 g/mol. The second-order valence-electron chi connectivity index (χ2n) is 7.41. The Morgan fingerprint density at radius 1 is 0.897 bits per heavy atom. The summed E-state index contributed by atoms with van der Waals surface area (Å²) >= 11 is 0. The number of anilines is 1. The quantitative estimate of drug-likeness (QED) is 0.538. The predicted molar refractivity (Wildman–Crippen MR) is 115 cm³/mol. The smallest absolute Gasteiger partial charge is 0.261 e. The maximum Gasteiger partial charge on any atom is 0.261 e. The van der Waals surface area contributed by atoms with Crippen molar-refractivity contribution in [3.63, 3.8) is 0 Å². The molecule has 2 heterocycles. The van der Waals surface area contributed by atoms with Gasteiger partial charge in [-0.15, -0.1) is 0 Å². The van der Waals surface area contributed by atoms with Gasteiger partial charge in [0.15, 0.2) is 0 Å². The lowest BCUT2D eigenvalue weighted by Gasteiger charge is -2.17. The number of sulfonamides is 1. The van der Waals surface area contributed by atoms with Crippen LogP contribution in [0.4, 0.5) is 5.69 Å². The number of nitrogens with zero attached hydrogens (tertiary/aromatic N) is 2. The zero-order valence-electron chi connectivity index (χ0n) is 15.9. The maximum atomic E-state index is 12.8. The van der Waals surface area contributed by atoms with Crippen molar-refractivity contribution in [1.29, 1.82) is 0 Å². The number of hydrogen-bond acceptors (Lipinski definition) is 3. The molecule has 0 spiro atoms. The molecular formula is C23H21N3O2S. The average Bonchev–Trinajstić information content (AvgIpc) is 3.18. The fourth-order valence-corrected chi connectivity index (χ4v) is 4.98. The molecule has 5 nitrogen and oxygen atoms in total. The van der Waals surface area contributed by atoms with Crippen molar-refractivity contribution in [2.75, 3.05) is 4.72 Å². The lowest BCUT2D eigenvalue weighted by Crippen LogP contribution is -2.14. The van der Waals surface area contributed by atoms with Crippen molar-refractivity contribution in [2.24, 2.45) is 0 Å². The Morgan fingerprint density at radius 2 is 1.69 bits per heavy atom. The van der Waals surface area contributed by atoms with Gasteiger partial charge in [-0.1, -0.05) is 24.3 Å². The van der Waals surface area contributed by atoms with Gasteiger partial charge in [-0.05, 0) is 73.2 Å². The van der Waals surface area contributed by atoms with Gasteiger partial charge in [-0.2, -0.15) is 0 Å². The molecule has 0 radical (unpaired) electrons. The van der Waals surface area contributed by atoms with E-state index < -0.39 is 10.0 Å². The van der Waals surface area contributed by atoms with E-state index in [2.05, 4.69) is 9.71 Å². The number of aryl methyl sites for hydroxylation is 2. The van der Waals surface area contributed by atoms with E-state index in [4.69, 9.17) is 0 Å². The van der Waals surface area contributed by atoms with E-state index in [0.717, 1.165) is 41.7 Å². The molecule has 2 aromatic carbocycles. The summed E-state index contributed by atoms with van der Waals surface area (Å²) in [5.74, 6) is 0. The molecule has 146 valence electrons. The lowest BCUT2D eigenvalue weighted by atomic mass is 9.92. The molecule has 0 aliphatic heterocycles. The van der Waals surface area contributed by atoms with Gasteiger partial charge in [0.1, 0.15) is 5.65 Å². The molecule has 1 N–H and O–H groups in total. The summed E-state index contributed by atoms with van der Waals surface area (Å²) in [6.45, 7) is 0. The number of pyridine rings is 1. The van der Waals surface area contributed by atoms with E-state index >= 15 is 0 Å². The summed E-state index contributed by atoms with van der Waals surface area (Å²) in [6.07, 6.45) is 8.19. The zero-order chi connectivity index (χ0) is 19.8. The molecule has 4 aromatic rings. The fraction of sp³-hybridized carbons (Fsp3) is 0.174. The Hall–Kier alpha value is -3.12. The van der Waals surface area contributed by atoms with Crippen LogP contribution in [-0.2, 0) is 22.9 Å². The topological polar surface area (TPSA) is 63.5 Å². The van der Waals surface area contributed by atoms with Crippen molar-refractivity contribution in [3.8, 4) is 11.3 Å². The molecule has 0 atom stereocenters. The molecule has 0 unspecified atom stereocenters. The molecule has 0 fully saturated rings. The molecular weight excluding hydrogens is 382 g/mol. The van der Waals surface area contributed by atoms with Crippen LogP contribution in [0.3, 0.4) is 0 Å². The number of nitrogens with one attached hydrogen (secondary N) is 1. The zero-order valence-corrected chi connectivity index (χ0v) is 16.7. The van der Waals surface area contributed by atoms with Crippen LogP contribution in [0.2, 0.25) is 0 Å². The van der Waals surface area contributed by atoms with Gasteiger partial charge < -0.3 is 4.40 Å². The monoisotopic (exact) mass is 403 g/mol. The van der Waals surface area contributed by atoms with E-state index in [1.165, 1.54) is 12.0 Å². The SMILES string of the molecule is O=S(=O)(Nc1ccc(-c2cn3ccccc3n2)cc1)c1ccc2c(c1)CCCC2. The highest BCUT2D eigenvalue weighted by Crippen LogP contribution is 2.26. The molecule has 1 aliphatic carbocycles. The van der Waals surface area contributed by atoms with E-state index in [9.17, 15) is 8.42 Å². The Balaban J connectivity index is 1.38. The summed E-state index contributed by atoms with van der Waals surface area (Å²) < 4.78 is 30.3. The van der Waals surface area contributed by atoms with Gasteiger partial charge in [0, 0.05) is 23.6 Å². The van der Waals surface area contributed by atoms with Gasteiger partial charge in [-0.3, -0.25) is 4.72 Å². The van der Waals surface area contributed by atoms with Crippen molar-refractivity contribution < 1.29 is 8.42 Å². The van der Waals surface area contributed by atoms with Gasteiger partial charge in [0.05, 0.1) is 10.6 Å². The number of rotatable bonds is 4. The first-order chi connectivity index (χ1) is 14.1. The Morgan fingerprint density at radius 3 is 2.48 bits per heavy atom. The van der Waals surface area contributed by atoms with Crippen LogP contribution in [0.1, 0.15) is 24.0 Å². The van der Waals surface area contributed by atoms with E-state index in [1.807, 2.05) is 59.3 Å². The highest BCUT2D eigenvalue weighted by Gasteiger charge is 2.18. The highest BCUT2D eigenvalue weighted by molar-refractivity contribution is 7.92. The third-order valence-corrected chi connectivity index (χ3v) is 6.81. The highest BCUT2D eigenvalue weighted by atomic mass is 32.2. The molecule has 5 rings (SSSR count). The van der Waals surface area contributed by atoms with E-state index in [0.29, 0.717) is 10.6 Å². The first kappa shape index (κ1) is 17.9. The van der Waals surface area contributed by atoms with Crippen molar-refractivity contribution >= 4 is 21.4 Å². The van der Waals surface area contributed by atoms with Gasteiger partial charge in [0.25, 0.3) is 10.0 Å². The fourth-order valence-electron chi connectivity index (χ4n) is 3.87. The molecule has 0 saturated heterocycles. The van der Waals surface area contributed by atoms with Crippen molar-refractivity contribution in [1.82, 2.24) is 9.38 Å². The summed E-state index contributed by atoms with van der Waals surface area (Å²) in [7, 11) is -3.61. The molecule has 0 saturated carbocycles. The molecule has 29 heavy (non-hydrogen) atoms. The first-order valence-corrected chi connectivity index (χ1v) is 11.3. The predicted octanol–water partition coefficient (Wildman–Crippen LogP) is 4.68. The second kappa shape index (κ2) is 7.04. The summed E-state index contributed by atoms with van der Waals surface area (Å²) in [5, 5.41) is 0. The lowest BCUT2D eigenvalue weighted by molar-refractivity contribution is 0.600. The number of benzene rings is 2. The summed E-state index contributed by atoms with van der Waals surface area (Å²) in [4.78, 5) is 4.92. The Bertz CT molecular complexity index is 1260. The van der Waals surface area contributed by atoms with Crippen LogP contribution in [0.15, 0.2) is 78.0 Å². The Kier molecular flexibility index (Phi) is 4.36. The minimum atomic E-state index is -3.61. The number of aromatic nitrogens is 2. The van der Waals surface area contributed by atoms with Gasteiger partial charge in [0.2, 0.25) is 0 Å². The molecule has 0 bridgehead atoms. The second-order valence-corrected chi connectivity index (χ2v) is 9.10. The van der Waals surface area contributed by atoms with Crippen LogP contribution in [0, 0.1) is 0 Å². The minimum absolute atomic E-state index is 0.322. The third-order valence-electron chi connectivity index (χ3n) is 5.43. The molecule has 6 heteroatoms. The van der Waals surface area contributed by atoms with Gasteiger partial charge >= 0.3 is 0 Å². The standard InChI is InChI=1S/C23H21N3O2S/c27-29(28,21-13-10-17-5-1-2-6-19(17)15-21)25-20-11-8-18(9-12-20)22-16-26-14-4-3-7-23(26)24-22/h3-4,7-16,25H,1-2,5-6H2. The van der Waals surface area contributed by atoms with Crippen LogP contribution in [0.25, 0.3) is 16.9 Å². The number of fused-ring (bicyclic) bond motifs is 2. The molecule has 0 amide bonds. The van der Waals surface area contributed by atoms with Crippen molar-refractivity contribution in [3.05, 3.63) is 84.2 Å².